The zero-order valence-electron chi connectivity index (χ0n) is 13.1. The number of thiocarbonyl (C=S) groups is 1. The van der Waals surface area contributed by atoms with Gasteiger partial charge in [-0.3, -0.25) is 4.79 Å². The van der Waals surface area contributed by atoms with Crippen molar-refractivity contribution in [3.63, 3.8) is 0 Å². The fourth-order valence-corrected chi connectivity index (χ4v) is 3.46. The van der Waals surface area contributed by atoms with Crippen LogP contribution in [0.25, 0.3) is 10.8 Å². The minimum absolute atomic E-state index is 0.0323. The van der Waals surface area contributed by atoms with Crippen molar-refractivity contribution in [3.8, 4) is 0 Å². The van der Waals surface area contributed by atoms with E-state index in [-0.39, 0.29) is 16.9 Å². The van der Waals surface area contributed by atoms with Crippen molar-refractivity contribution in [1.82, 2.24) is 5.32 Å². The van der Waals surface area contributed by atoms with E-state index in [0.717, 1.165) is 23.7 Å². The molecule has 0 radical (unpaired) electrons. The van der Waals surface area contributed by atoms with E-state index >= 15 is 0 Å². The first-order chi connectivity index (χ1) is 11.0. The molecule has 2 aromatic carbocycles. The van der Waals surface area contributed by atoms with Crippen LogP contribution >= 0.6 is 28.1 Å². The van der Waals surface area contributed by atoms with E-state index in [0.29, 0.717) is 6.42 Å². The maximum Gasteiger partial charge on any atom is 0.226 e. The first-order valence-corrected chi connectivity index (χ1v) is 8.99. The number of hydrogen-bond donors (Lipinski definition) is 2. The van der Waals surface area contributed by atoms with Crippen LogP contribution in [0.3, 0.4) is 0 Å². The fraction of sp³-hybridized carbons (Fsp3) is 0.333. The summed E-state index contributed by atoms with van der Waals surface area (Å²) in [6, 6.07) is 12.4. The number of benzene rings is 2. The number of amides is 1. The van der Waals surface area contributed by atoms with Gasteiger partial charge in [0.25, 0.3) is 0 Å². The van der Waals surface area contributed by atoms with Crippen LogP contribution < -0.4 is 11.1 Å². The SMILES string of the molecule is CCCCC(CC(=O)NC(N)=S)c1ccc(Br)c2ccccc12. The Hall–Kier alpha value is -1.46. The van der Waals surface area contributed by atoms with Crippen LogP contribution in [0, 0.1) is 0 Å². The second-order valence-electron chi connectivity index (χ2n) is 5.64. The summed E-state index contributed by atoms with van der Waals surface area (Å²) in [6.07, 6.45) is 3.53. The Bertz CT molecular complexity index is 717. The van der Waals surface area contributed by atoms with Crippen LogP contribution in [-0.4, -0.2) is 11.0 Å². The van der Waals surface area contributed by atoms with Crippen molar-refractivity contribution in [2.75, 3.05) is 0 Å². The number of fused-ring (bicyclic) bond motifs is 1. The lowest BCUT2D eigenvalue weighted by Gasteiger charge is -2.19. The van der Waals surface area contributed by atoms with Crippen LogP contribution in [0.5, 0.6) is 0 Å². The number of rotatable bonds is 6. The minimum atomic E-state index is -0.120. The first kappa shape index (κ1) is 17.9. The third-order valence-electron chi connectivity index (χ3n) is 3.94. The molecule has 0 aromatic heterocycles. The standard InChI is InChI=1S/C18H21BrN2OS/c1-2-3-6-12(11-17(22)21-18(20)23)13-9-10-16(19)15-8-5-4-7-14(13)15/h4-5,7-10,12H,2-3,6,11H2,1H3,(H3,20,21,22,23). The molecular formula is C18H21BrN2OS. The van der Waals surface area contributed by atoms with Crippen molar-refractivity contribution in [2.24, 2.45) is 5.73 Å². The lowest BCUT2D eigenvalue weighted by molar-refractivity contribution is -0.120. The van der Waals surface area contributed by atoms with Gasteiger partial charge in [-0.1, -0.05) is 66.0 Å². The van der Waals surface area contributed by atoms with E-state index in [4.69, 9.17) is 18.0 Å². The van der Waals surface area contributed by atoms with Crippen LogP contribution in [0.1, 0.15) is 44.1 Å². The van der Waals surface area contributed by atoms with Gasteiger partial charge in [-0.2, -0.15) is 0 Å². The predicted molar refractivity (Wildman–Crippen MR) is 103 cm³/mol. The van der Waals surface area contributed by atoms with Crippen molar-refractivity contribution in [3.05, 3.63) is 46.4 Å². The molecule has 122 valence electrons. The molecule has 0 spiro atoms. The zero-order chi connectivity index (χ0) is 16.8. The first-order valence-electron chi connectivity index (χ1n) is 7.79. The molecule has 1 unspecified atom stereocenters. The molecule has 0 heterocycles. The van der Waals surface area contributed by atoms with Crippen LogP contribution in [0.15, 0.2) is 40.9 Å². The summed E-state index contributed by atoms with van der Waals surface area (Å²) in [5.74, 6) is 0.0351. The Morgan fingerprint density at radius 1 is 1.26 bits per heavy atom. The molecule has 2 aromatic rings. The maximum atomic E-state index is 12.1. The summed E-state index contributed by atoms with van der Waals surface area (Å²) in [6.45, 7) is 2.16. The minimum Gasteiger partial charge on any atom is -0.376 e. The van der Waals surface area contributed by atoms with Crippen LogP contribution in [0.2, 0.25) is 0 Å². The van der Waals surface area contributed by atoms with Gasteiger partial charge in [-0.15, -0.1) is 0 Å². The predicted octanol–water partition coefficient (Wildman–Crippen LogP) is 4.63. The van der Waals surface area contributed by atoms with Crippen molar-refractivity contribution < 1.29 is 4.79 Å². The Balaban J connectivity index is 2.37. The Morgan fingerprint density at radius 3 is 2.61 bits per heavy atom. The molecule has 0 fully saturated rings. The smallest absolute Gasteiger partial charge is 0.226 e. The molecule has 3 nitrogen and oxygen atoms in total. The average Bonchev–Trinajstić information content (AvgIpc) is 2.51. The lowest BCUT2D eigenvalue weighted by Crippen LogP contribution is -2.35. The third kappa shape index (κ3) is 4.75. The molecular weight excluding hydrogens is 372 g/mol. The molecule has 0 saturated carbocycles. The molecule has 1 amide bonds. The molecule has 0 bridgehead atoms. The van der Waals surface area contributed by atoms with Gasteiger partial charge in [0.15, 0.2) is 5.11 Å². The second-order valence-corrected chi connectivity index (χ2v) is 6.93. The number of hydrogen-bond acceptors (Lipinski definition) is 2. The largest absolute Gasteiger partial charge is 0.376 e. The zero-order valence-corrected chi connectivity index (χ0v) is 15.5. The lowest BCUT2D eigenvalue weighted by atomic mass is 9.87. The van der Waals surface area contributed by atoms with Crippen molar-refractivity contribution >= 4 is 49.9 Å². The summed E-state index contributed by atoms with van der Waals surface area (Å²) in [5.41, 5.74) is 6.62. The Morgan fingerprint density at radius 2 is 1.96 bits per heavy atom. The fourth-order valence-electron chi connectivity index (χ4n) is 2.87. The summed E-state index contributed by atoms with van der Waals surface area (Å²) < 4.78 is 1.07. The summed E-state index contributed by atoms with van der Waals surface area (Å²) >= 11 is 8.37. The van der Waals surface area contributed by atoms with E-state index in [9.17, 15) is 4.79 Å². The van der Waals surface area contributed by atoms with Crippen LogP contribution in [-0.2, 0) is 4.79 Å². The highest BCUT2D eigenvalue weighted by Crippen LogP contribution is 2.34. The van der Waals surface area contributed by atoms with Gasteiger partial charge in [0.05, 0.1) is 0 Å². The monoisotopic (exact) mass is 392 g/mol. The van der Waals surface area contributed by atoms with Crippen LogP contribution in [0.4, 0.5) is 0 Å². The molecule has 3 N–H and O–H groups in total. The summed E-state index contributed by atoms with van der Waals surface area (Å²) in [7, 11) is 0. The molecule has 0 aliphatic carbocycles. The van der Waals surface area contributed by atoms with Gasteiger partial charge in [-0.05, 0) is 47.0 Å². The van der Waals surface area contributed by atoms with Gasteiger partial charge in [0.1, 0.15) is 0 Å². The molecule has 1 atom stereocenters. The molecule has 0 saturated heterocycles. The van der Waals surface area contributed by atoms with E-state index in [1.807, 2.05) is 12.1 Å². The number of halogens is 1. The molecule has 0 aliphatic heterocycles. The molecule has 2 rings (SSSR count). The van der Waals surface area contributed by atoms with Gasteiger partial charge in [-0.25, -0.2) is 0 Å². The number of nitrogens with one attached hydrogen (secondary N) is 1. The van der Waals surface area contributed by atoms with Crippen molar-refractivity contribution in [2.45, 2.75) is 38.5 Å². The highest BCUT2D eigenvalue weighted by atomic mass is 79.9. The maximum absolute atomic E-state index is 12.1. The van der Waals surface area contributed by atoms with Gasteiger partial charge in [0.2, 0.25) is 5.91 Å². The molecule has 23 heavy (non-hydrogen) atoms. The van der Waals surface area contributed by atoms with Gasteiger partial charge >= 0.3 is 0 Å². The second kappa shape index (κ2) is 8.41. The highest BCUT2D eigenvalue weighted by molar-refractivity contribution is 9.10. The van der Waals surface area contributed by atoms with Crippen molar-refractivity contribution in [1.29, 1.82) is 0 Å². The van der Waals surface area contributed by atoms with Gasteiger partial charge in [0, 0.05) is 10.9 Å². The van der Waals surface area contributed by atoms with E-state index in [2.05, 4.69) is 52.4 Å². The van der Waals surface area contributed by atoms with E-state index in [1.54, 1.807) is 0 Å². The summed E-state index contributed by atoms with van der Waals surface area (Å²) in [4.78, 5) is 12.1. The van der Waals surface area contributed by atoms with Gasteiger partial charge < -0.3 is 11.1 Å². The molecule has 5 heteroatoms. The van der Waals surface area contributed by atoms with E-state index in [1.165, 1.54) is 16.3 Å². The normalized spacial score (nSPS) is 12.1. The Labute approximate surface area is 150 Å². The highest BCUT2D eigenvalue weighted by Gasteiger charge is 2.19. The third-order valence-corrected chi connectivity index (χ3v) is 4.74. The summed E-state index contributed by atoms with van der Waals surface area (Å²) in [5, 5.41) is 4.93. The van der Waals surface area contributed by atoms with E-state index < -0.39 is 0 Å². The quantitative estimate of drug-likeness (QED) is 0.704. The number of nitrogens with two attached hydrogens (primary N) is 1. The number of carbonyl (C=O) groups is 1. The number of unbranched alkanes of at least 4 members (excludes halogenated alkanes) is 1. The topological polar surface area (TPSA) is 55.1 Å². The number of carbonyl (C=O) groups excluding carboxylic acids is 1. The Kier molecular flexibility index (Phi) is 6.54. The average molecular weight is 393 g/mol. The molecule has 0 aliphatic rings.